The molecule has 1 heterocycles. The van der Waals surface area contributed by atoms with E-state index in [0.717, 1.165) is 6.07 Å². The molecule has 2 rings (SSSR count). The van der Waals surface area contributed by atoms with Crippen LogP contribution in [0.25, 0.3) is 5.57 Å². The molecule has 0 aromatic heterocycles. The zero-order valence-electron chi connectivity index (χ0n) is 8.41. The number of methoxy groups -OCH3 is 1. The second-order valence-electron chi connectivity index (χ2n) is 3.24. The monoisotopic (exact) mass is 221 g/mol. The molecule has 1 aliphatic heterocycles. The van der Waals surface area contributed by atoms with Crippen molar-refractivity contribution in [2.45, 2.75) is 0 Å². The zero-order valence-corrected chi connectivity index (χ0v) is 8.41. The predicted molar refractivity (Wildman–Crippen MR) is 53.9 cm³/mol. The van der Waals surface area contributed by atoms with Crippen molar-refractivity contribution in [2.24, 2.45) is 0 Å². The normalized spacial score (nSPS) is 17.0. The molecule has 16 heavy (non-hydrogen) atoms. The Balaban J connectivity index is 2.65. The van der Waals surface area contributed by atoms with Crippen LogP contribution in [0.1, 0.15) is 15.9 Å². The molecular weight excluding hydrogens is 213 g/mol. The third kappa shape index (κ3) is 1.56. The number of ether oxygens (including phenoxy) is 1. The lowest BCUT2D eigenvalue weighted by Crippen LogP contribution is -2.36. The number of imide groups is 1. The molecule has 1 N–H and O–H groups in total. The molecule has 0 bridgehead atoms. The minimum absolute atomic E-state index is 0.136. The molecule has 2 amide bonds. The molecule has 5 heteroatoms. The van der Waals surface area contributed by atoms with Crippen molar-refractivity contribution in [1.29, 1.82) is 0 Å². The number of hydrogen-bond donors (Lipinski definition) is 1. The number of nitrogens with one attached hydrogen (secondary N) is 1. The molecule has 82 valence electrons. The lowest BCUT2D eigenvalue weighted by Gasteiger charge is -2.17. The highest BCUT2D eigenvalue weighted by atomic mass is 19.1. The summed E-state index contributed by atoms with van der Waals surface area (Å²) < 4.78 is 17.8. The van der Waals surface area contributed by atoms with Gasteiger partial charge in [0, 0.05) is 11.1 Å². The van der Waals surface area contributed by atoms with Gasteiger partial charge in [-0.25, -0.2) is 4.39 Å². The van der Waals surface area contributed by atoms with Crippen LogP contribution in [-0.2, 0) is 9.53 Å². The summed E-state index contributed by atoms with van der Waals surface area (Å²) in [5.41, 5.74) is 0.636. The van der Waals surface area contributed by atoms with Crippen LogP contribution >= 0.6 is 0 Å². The molecule has 0 saturated heterocycles. The molecule has 0 saturated carbocycles. The first kappa shape index (κ1) is 10.4. The molecule has 0 fully saturated rings. The standard InChI is InChI=1S/C11H8FNO3/c1-16-5-9-8-4-6(12)2-3-7(8)10(14)13-11(9)15/h2-5H,1H3,(H,13,14,15). The molecule has 0 spiro atoms. The van der Waals surface area contributed by atoms with Gasteiger partial charge in [-0.1, -0.05) is 0 Å². The van der Waals surface area contributed by atoms with Crippen molar-refractivity contribution in [3.63, 3.8) is 0 Å². The van der Waals surface area contributed by atoms with Gasteiger partial charge in [-0.3, -0.25) is 14.9 Å². The Hall–Kier alpha value is -2.17. The summed E-state index contributed by atoms with van der Waals surface area (Å²) in [6.07, 6.45) is 1.18. The fourth-order valence-corrected chi connectivity index (χ4v) is 1.53. The lowest BCUT2D eigenvalue weighted by molar-refractivity contribution is -0.114. The number of carbonyl (C=O) groups excluding carboxylic acids is 2. The summed E-state index contributed by atoms with van der Waals surface area (Å²) in [4.78, 5) is 22.9. The maximum absolute atomic E-state index is 13.1. The number of halogens is 1. The highest BCUT2D eigenvalue weighted by Crippen LogP contribution is 2.24. The summed E-state index contributed by atoms with van der Waals surface area (Å²) in [6, 6.07) is 3.63. The van der Waals surface area contributed by atoms with Gasteiger partial charge in [0.2, 0.25) is 0 Å². The molecule has 1 aromatic carbocycles. The average molecular weight is 221 g/mol. The molecule has 1 aromatic rings. The first-order chi connectivity index (χ1) is 7.63. The van der Waals surface area contributed by atoms with E-state index in [1.807, 2.05) is 0 Å². The smallest absolute Gasteiger partial charge is 0.261 e. The van der Waals surface area contributed by atoms with E-state index >= 15 is 0 Å². The average Bonchev–Trinajstić information content (AvgIpc) is 2.23. The van der Waals surface area contributed by atoms with Crippen LogP contribution in [0.5, 0.6) is 0 Å². The highest BCUT2D eigenvalue weighted by molar-refractivity contribution is 6.30. The van der Waals surface area contributed by atoms with E-state index in [4.69, 9.17) is 4.74 Å². The fourth-order valence-electron chi connectivity index (χ4n) is 1.53. The number of rotatable bonds is 1. The largest absolute Gasteiger partial charge is 0.504 e. The molecule has 0 aliphatic carbocycles. The highest BCUT2D eigenvalue weighted by Gasteiger charge is 2.27. The van der Waals surface area contributed by atoms with E-state index < -0.39 is 17.6 Å². The summed E-state index contributed by atoms with van der Waals surface area (Å²) in [5, 5.41) is 2.14. The van der Waals surface area contributed by atoms with E-state index in [9.17, 15) is 14.0 Å². The third-order valence-electron chi connectivity index (χ3n) is 2.22. The number of fused-ring (bicyclic) bond motifs is 1. The van der Waals surface area contributed by atoms with Crippen LogP contribution in [0.4, 0.5) is 4.39 Å². The van der Waals surface area contributed by atoms with E-state index in [0.29, 0.717) is 0 Å². The first-order valence-electron chi connectivity index (χ1n) is 4.52. The van der Waals surface area contributed by atoms with Crippen LogP contribution in [0.2, 0.25) is 0 Å². The minimum Gasteiger partial charge on any atom is -0.504 e. The van der Waals surface area contributed by atoms with Crippen molar-refractivity contribution < 1.29 is 18.7 Å². The Bertz CT molecular complexity index is 508. The van der Waals surface area contributed by atoms with Crippen LogP contribution in [-0.4, -0.2) is 18.9 Å². The van der Waals surface area contributed by atoms with Crippen molar-refractivity contribution in [2.75, 3.05) is 7.11 Å². The molecule has 0 atom stereocenters. The lowest BCUT2D eigenvalue weighted by atomic mass is 9.96. The number of amides is 2. The van der Waals surface area contributed by atoms with Gasteiger partial charge in [0.05, 0.1) is 18.9 Å². The Morgan fingerprint density at radius 3 is 2.69 bits per heavy atom. The summed E-state index contributed by atoms with van der Waals surface area (Å²) in [5.74, 6) is -1.64. The van der Waals surface area contributed by atoms with Crippen molar-refractivity contribution >= 4 is 17.4 Å². The fraction of sp³-hybridized carbons (Fsp3) is 0.0909. The molecule has 4 nitrogen and oxygen atoms in total. The Morgan fingerprint density at radius 1 is 1.25 bits per heavy atom. The van der Waals surface area contributed by atoms with Gasteiger partial charge < -0.3 is 4.74 Å². The topological polar surface area (TPSA) is 55.4 Å². The van der Waals surface area contributed by atoms with Crippen LogP contribution in [0, 0.1) is 5.82 Å². The number of hydrogen-bond acceptors (Lipinski definition) is 3. The predicted octanol–water partition coefficient (Wildman–Crippen LogP) is 1.08. The van der Waals surface area contributed by atoms with Gasteiger partial charge in [0.1, 0.15) is 5.82 Å². The zero-order chi connectivity index (χ0) is 11.7. The van der Waals surface area contributed by atoms with E-state index in [1.54, 1.807) is 0 Å². The van der Waals surface area contributed by atoms with Gasteiger partial charge >= 0.3 is 0 Å². The second kappa shape index (κ2) is 3.77. The molecule has 1 aliphatic rings. The summed E-state index contributed by atoms with van der Waals surface area (Å²) >= 11 is 0. The van der Waals surface area contributed by atoms with Crippen LogP contribution in [0.15, 0.2) is 24.5 Å². The van der Waals surface area contributed by atoms with E-state index in [-0.39, 0.29) is 16.7 Å². The van der Waals surface area contributed by atoms with Crippen molar-refractivity contribution in [3.05, 3.63) is 41.4 Å². The van der Waals surface area contributed by atoms with Crippen molar-refractivity contribution in [3.8, 4) is 0 Å². The quantitative estimate of drug-likeness (QED) is 0.438. The summed E-state index contributed by atoms with van der Waals surface area (Å²) in [7, 11) is 1.37. The SMILES string of the molecule is COC=C1C(=O)NC(=O)c2ccc(F)cc21. The number of benzene rings is 1. The molecule has 0 radical (unpaired) electrons. The van der Waals surface area contributed by atoms with E-state index in [2.05, 4.69) is 5.32 Å². The number of carbonyl (C=O) groups is 2. The van der Waals surface area contributed by atoms with Crippen LogP contribution in [0.3, 0.4) is 0 Å². The molecular formula is C11H8FNO3. The summed E-state index contributed by atoms with van der Waals surface area (Å²) in [6.45, 7) is 0. The van der Waals surface area contributed by atoms with Gasteiger partial charge in [0.15, 0.2) is 0 Å². The Labute approximate surface area is 90.7 Å². The van der Waals surface area contributed by atoms with E-state index in [1.165, 1.54) is 25.5 Å². The minimum atomic E-state index is -0.593. The van der Waals surface area contributed by atoms with Crippen molar-refractivity contribution in [1.82, 2.24) is 5.32 Å². The third-order valence-corrected chi connectivity index (χ3v) is 2.22. The van der Waals surface area contributed by atoms with Gasteiger partial charge in [-0.05, 0) is 18.2 Å². The Kier molecular flexibility index (Phi) is 2.44. The van der Waals surface area contributed by atoms with Gasteiger partial charge in [-0.2, -0.15) is 0 Å². The van der Waals surface area contributed by atoms with Crippen LogP contribution < -0.4 is 5.32 Å². The molecule has 0 unspecified atom stereocenters. The maximum atomic E-state index is 13.1. The second-order valence-corrected chi connectivity index (χ2v) is 3.24. The van der Waals surface area contributed by atoms with Gasteiger partial charge in [-0.15, -0.1) is 0 Å². The maximum Gasteiger partial charge on any atom is 0.261 e. The van der Waals surface area contributed by atoms with Gasteiger partial charge in [0.25, 0.3) is 11.8 Å². The first-order valence-corrected chi connectivity index (χ1v) is 4.52. The Morgan fingerprint density at radius 2 is 2.00 bits per heavy atom.